The van der Waals surface area contributed by atoms with Crippen molar-refractivity contribution in [3.8, 4) is 0 Å². The van der Waals surface area contributed by atoms with Crippen LogP contribution >= 0.6 is 0 Å². The van der Waals surface area contributed by atoms with Gasteiger partial charge in [-0.15, -0.1) is 0 Å². The van der Waals surface area contributed by atoms with Gasteiger partial charge < -0.3 is 20.7 Å². The summed E-state index contributed by atoms with van der Waals surface area (Å²) in [7, 11) is 0. The molecule has 4 N–H and O–H groups in total. The Morgan fingerprint density at radius 1 is 1.39 bits per heavy atom. The number of anilines is 2. The number of hydrogen-bond acceptors (Lipinski definition) is 6. The van der Waals surface area contributed by atoms with Crippen LogP contribution in [0.5, 0.6) is 0 Å². The van der Waals surface area contributed by atoms with Crippen LogP contribution < -0.4 is 20.9 Å². The number of carbonyl (C=O) groups is 2. The Morgan fingerprint density at radius 2 is 2.18 bits per heavy atom. The zero-order valence-electron chi connectivity index (χ0n) is 15.5. The maximum absolute atomic E-state index is 14.8. The summed E-state index contributed by atoms with van der Waals surface area (Å²) in [6.07, 6.45) is -1.07. The summed E-state index contributed by atoms with van der Waals surface area (Å²) in [5.74, 6) is -0.888. The number of carbonyl (C=O) groups excluding carboxylic acids is 2. The first-order chi connectivity index (χ1) is 13.3. The molecule has 0 spiro atoms. The lowest BCUT2D eigenvalue weighted by Crippen LogP contribution is -2.38. The van der Waals surface area contributed by atoms with E-state index < -0.39 is 18.0 Å². The number of halogens is 1. The number of cyclic esters (lactones) is 1. The van der Waals surface area contributed by atoms with Crippen molar-refractivity contribution in [3.63, 3.8) is 0 Å². The highest BCUT2D eigenvalue weighted by Crippen LogP contribution is 2.28. The van der Waals surface area contributed by atoms with Crippen LogP contribution in [0.15, 0.2) is 18.2 Å². The van der Waals surface area contributed by atoms with Gasteiger partial charge >= 0.3 is 6.09 Å². The number of guanidine groups is 1. The normalized spacial score (nSPS) is 20.0. The summed E-state index contributed by atoms with van der Waals surface area (Å²) in [5, 5.41) is 11.3. The molecule has 2 aliphatic rings. The van der Waals surface area contributed by atoms with Crippen LogP contribution in [-0.2, 0) is 14.4 Å². The minimum absolute atomic E-state index is 0.195. The van der Waals surface area contributed by atoms with E-state index in [1.807, 2.05) is 0 Å². The zero-order chi connectivity index (χ0) is 20.3. The molecule has 0 aromatic heterocycles. The van der Waals surface area contributed by atoms with Crippen molar-refractivity contribution in [3.05, 3.63) is 24.0 Å². The van der Waals surface area contributed by atoms with Gasteiger partial charge in [0, 0.05) is 20.0 Å². The molecule has 1 aromatic carbocycles. The predicted molar refractivity (Wildman–Crippen MR) is 99.5 cm³/mol. The van der Waals surface area contributed by atoms with E-state index in [2.05, 4.69) is 5.32 Å². The highest BCUT2D eigenvalue weighted by molar-refractivity contribution is 5.90. The van der Waals surface area contributed by atoms with E-state index >= 15 is 0 Å². The molecule has 0 bridgehead atoms. The lowest BCUT2D eigenvalue weighted by molar-refractivity contribution is -0.119. The summed E-state index contributed by atoms with van der Waals surface area (Å²) >= 11 is 0. The summed E-state index contributed by atoms with van der Waals surface area (Å²) in [5.41, 5.74) is 6.18. The Kier molecular flexibility index (Phi) is 5.83. The molecular weight excluding hydrogens is 371 g/mol. The van der Waals surface area contributed by atoms with Gasteiger partial charge in [-0.25, -0.2) is 14.2 Å². The van der Waals surface area contributed by atoms with Gasteiger partial charge in [-0.3, -0.25) is 19.9 Å². The number of nitrogens with zero attached hydrogens (tertiary/aromatic N) is 3. The fourth-order valence-electron chi connectivity index (χ4n) is 3.10. The lowest BCUT2D eigenvalue weighted by atomic mass is 10.2. The second-order valence-electron chi connectivity index (χ2n) is 6.50. The third kappa shape index (κ3) is 4.42. The van der Waals surface area contributed by atoms with Crippen LogP contribution in [0, 0.1) is 11.2 Å². The number of benzene rings is 1. The van der Waals surface area contributed by atoms with Crippen molar-refractivity contribution >= 4 is 29.3 Å². The highest BCUT2D eigenvalue weighted by atomic mass is 19.1. The molecule has 2 heterocycles. The molecule has 0 unspecified atom stereocenters. The van der Waals surface area contributed by atoms with Gasteiger partial charge in [-0.1, -0.05) is 0 Å². The van der Waals surface area contributed by atoms with Gasteiger partial charge in [0.25, 0.3) is 0 Å². The second kappa shape index (κ2) is 8.30. The molecule has 152 valence electrons. The Labute approximate surface area is 161 Å². The molecule has 2 aliphatic heterocycles. The van der Waals surface area contributed by atoms with Gasteiger partial charge in [0.1, 0.15) is 11.9 Å². The number of ether oxygens (including phenoxy) is 1. The van der Waals surface area contributed by atoms with Crippen molar-refractivity contribution in [2.24, 2.45) is 5.73 Å². The summed E-state index contributed by atoms with van der Waals surface area (Å²) in [4.78, 5) is 31.6. The van der Waals surface area contributed by atoms with Gasteiger partial charge in [0.15, 0.2) is 0 Å². The van der Waals surface area contributed by atoms with Gasteiger partial charge in [-0.2, -0.15) is 0 Å². The molecule has 2 amide bonds. The van der Waals surface area contributed by atoms with E-state index in [4.69, 9.17) is 20.7 Å². The first kappa shape index (κ1) is 19.7. The molecule has 10 nitrogen and oxygen atoms in total. The summed E-state index contributed by atoms with van der Waals surface area (Å²) in [6.45, 7) is 3.28. The number of amides is 2. The molecule has 2 saturated heterocycles. The Balaban J connectivity index is 1.68. The van der Waals surface area contributed by atoms with Crippen LogP contribution in [0.4, 0.5) is 20.6 Å². The molecule has 1 atom stereocenters. The van der Waals surface area contributed by atoms with E-state index in [0.29, 0.717) is 31.0 Å². The number of rotatable bonds is 4. The second-order valence-corrected chi connectivity index (χ2v) is 6.50. The van der Waals surface area contributed by atoms with Gasteiger partial charge in [-0.05, 0) is 18.2 Å². The minimum atomic E-state index is -0.581. The average Bonchev–Trinajstić information content (AvgIpc) is 2.85. The average molecular weight is 394 g/mol. The maximum atomic E-state index is 14.8. The largest absolute Gasteiger partial charge is 0.442 e. The first-order valence-corrected chi connectivity index (χ1v) is 8.86. The van der Waals surface area contributed by atoms with Crippen molar-refractivity contribution in [2.75, 3.05) is 49.1 Å². The predicted octanol–water partition coefficient (Wildman–Crippen LogP) is 0.234. The zero-order valence-corrected chi connectivity index (χ0v) is 15.5. The summed E-state index contributed by atoms with van der Waals surface area (Å²) < 4.78 is 20.0. The fraction of sp³-hybridized carbons (Fsp3) is 0.471. The minimum Gasteiger partial charge on any atom is -0.442 e. The molecule has 11 heteroatoms. The fourth-order valence-corrected chi connectivity index (χ4v) is 3.10. The molecule has 0 radical (unpaired) electrons. The number of hydrogen-bond donors (Lipinski definition) is 3. The SMILES string of the molecule is CC(=O)NC[C@H]1CN(c2ccc(N3CCON(C(=N)N)CC3)c(F)c2)C(=O)O1. The molecule has 0 aliphatic carbocycles. The molecule has 2 fully saturated rings. The molecule has 28 heavy (non-hydrogen) atoms. The van der Waals surface area contributed by atoms with Crippen LogP contribution in [-0.4, -0.2) is 68.5 Å². The quantitative estimate of drug-likeness (QED) is 0.493. The third-order valence-electron chi connectivity index (χ3n) is 4.49. The molecule has 0 saturated carbocycles. The maximum Gasteiger partial charge on any atom is 0.414 e. The lowest BCUT2D eigenvalue weighted by Gasteiger charge is -2.23. The van der Waals surface area contributed by atoms with Crippen LogP contribution in [0.25, 0.3) is 0 Å². The first-order valence-electron chi connectivity index (χ1n) is 8.86. The van der Waals surface area contributed by atoms with E-state index in [1.165, 1.54) is 23.0 Å². The van der Waals surface area contributed by atoms with Gasteiger partial charge in [0.2, 0.25) is 11.9 Å². The number of hydroxylamine groups is 2. The van der Waals surface area contributed by atoms with Crippen molar-refractivity contribution in [1.82, 2.24) is 10.4 Å². The van der Waals surface area contributed by atoms with E-state index in [-0.39, 0.29) is 31.6 Å². The molecular formula is C17H23FN6O4. The van der Waals surface area contributed by atoms with E-state index in [1.54, 1.807) is 17.0 Å². The van der Waals surface area contributed by atoms with Crippen molar-refractivity contribution in [2.45, 2.75) is 13.0 Å². The Morgan fingerprint density at radius 3 is 2.86 bits per heavy atom. The number of nitrogens with two attached hydrogens (primary N) is 1. The third-order valence-corrected chi connectivity index (χ3v) is 4.49. The summed E-state index contributed by atoms with van der Waals surface area (Å²) in [6, 6.07) is 4.53. The highest BCUT2D eigenvalue weighted by Gasteiger charge is 2.33. The smallest absolute Gasteiger partial charge is 0.414 e. The Hall–Kier alpha value is -3.08. The van der Waals surface area contributed by atoms with Crippen molar-refractivity contribution < 1.29 is 23.6 Å². The molecule has 1 aromatic rings. The van der Waals surface area contributed by atoms with Crippen molar-refractivity contribution in [1.29, 1.82) is 5.41 Å². The van der Waals surface area contributed by atoms with Gasteiger partial charge in [0.05, 0.1) is 37.6 Å². The standard InChI is InChI=1S/C17H23FN6O4/c1-11(25)21-9-13-10-23(17(26)28-13)12-2-3-15(14(18)8-12)22-4-5-24(16(19)20)27-7-6-22/h2-3,8,13H,4-7,9-10H2,1H3,(H3,19,20)(H,21,25)/t13-/m0/s1. The van der Waals surface area contributed by atoms with Crippen LogP contribution in [0.3, 0.4) is 0 Å². The monoisotopic (exact) mass is 394 g/mol. The molecule has 3 rings (SSSR count). The topological polar surface area (TPSA) is 124 Å². The van der Waals surface area contributed by atoms with E-state index in [0.717, 1.165) is 0 Å². The number of nitrogens with one attached hydrogen (secondary N) is 2. The van der Waals surface area contributed by atoms with E-state index in [9.17, 15) is 14.0 Å². The van der Waals surface area contributed by atoms with Crippen LogP contribution in [0.1, 0.15) is 6.92 Å². The van der Waals surface area contributed by atoms with Crippen LogP contribution in [0.2, 0.25) is 0 Å². The Bertz CT molecular complexity index is 776.